The molecule has 1 amide bonds. The van der Waals surface area contributed by atoms with Gasteiger partial charge < -0.3 is 10.2 Å². The molecule has 6 nitrogen and oxygen atoms in total. The lowest BCUT2D eigenvalue weighted by atomic mass is 9.87. The first-order valence-electron chi connectivity index (χ1n) is 11.0. The number of anilines is 1. The molecule has 0 spiro atoms. The molecule has 0 bridgehead atoms. The molecule has 6 heteroatoms. The van der Waals surface area contributed by atoms with Crippen molar-refractivity contribution < 1.29 is 4.79 Å². The molecule has 0 unspecified atom stereocenters. The molecule has 5 rings (SSSR count). The van der Waals surface area contributed by atoms with Gasteiger partial charge in [0.15, 0.2) is 0 Å². The number of fused-ring (bicyclic) bond motifs is 1. The van der Waals surface area contributed by atoms with Crippen LogP contribution in [0.15, 0.2) is 65.5 Å². The Bertz CT molecular complexity index is 1150. The van der Waals surface area contributed by atoms with Gasteiger partial charge in [-0.05, 0) is 73.6 Å². The monoisotopic (exact) mass is 414 g/mol. The van der Waals surface area contributed by atoms with Crippen LogP contribution in [0.4, 0.5) is 5.82 Å². The summed E-state index contributed by atoms with van der Waals surface area (Å²) in [4.78, 5) is 27.4. The van der Waals surface area contributed by atoms with E-state index in [9.17, 15) is 9.59 Å². The molecule has 1 atom stereocenters. The molecule has 1 saturated heterocycles. The summed E-state index contributed by atoms with van der Waals surface area (Å²) in [5.41, 5.74) is 3.59. The fourth-order valence-corrected chi connectivity index (χ4v) is 4.60. The van der Waals surface area contributed by atoms with Crippen LogP contribution < -0.4 is 15.8 Å². The molecule has 2 aromatic carbocycles. The third-order valence-corrected chi connectivity index (χ3v) is 6.27. The number of nitrogens with zero attached hydrogens (tertiary/aromatic N) is 3. The fourth-order valence-electron chi connectivity index (χ4n) is 4.60. The van der Waals surface area contributed by atoms with Crippen molar-refractivity contribution in [2.75, 3.05) is 18.0 Å². The van der Waals surface area contributed by atoms with Gasteiger partial charge in [-0.3, -0.25) is 9.59 Å². The number of carbonyl (C=O) groups is 1. The Balaban J connectivity index is 1.34. The van der Waals surface area contributed by atoms with Gasteiger partial charge in [0.25, 0.3) is 11.5 Å². The van der Waals surface area contributed by atoms with E-state index in [1.807, 2.05) is 6.07 Å². The average Bonchev–Trinajstić information content (AvgIpc) is 3.35. The predicted octanol–water partition coefficient (Wildman–Crippen LogP) is 3.64. The van der Waals surface area contributed by atoms with E-state index in [-0.39, 0.29) is 17.5 Å². The Morgan fingerprint density at radius 3 is 2.52 bits per heavy atom. The van der Waals surface area contributed by atoms with E-state index in [1.165, 1.54) is 15.8 Å². The van der Waals surface area contributed by atoms with Crippen molar-refractivity contribution in [3.8, 4) is 5.69 Å². The van der Waals surface area contributed by atoms with Crippen LogP contribution in [0.2, 0.25) is 0 Å². The SMILES string of the molecule is O=C(N[C@H]1CCCc2ccccc21)c1ccc(-n2nc(N3CCCC3)ccc2=O)cc1. The average molecular weight is 415 g/mol. The van der Waals surface area contributed by atoms with Gasteiger partial charge in [0.05, 0.1) is 11.7 Å². The molecule has 31 heavy (non-hydrogen) atoms. The summed E-state index contributed by atoms with van der Waals surface area (Å²) in [5.74, 6) is 0.717. The Kier molecular flexibility index (Phi) is 5.28. The van der Waals surface area contributed by atoms with Crippen LogP contribution in [0, 0.1) is 0 Å². The summed E-state index contributed by atoms with van der Waals surface area (Å²) >= 11 is 0. The van der Waals surface area contributed by atoms with E-state index in [0.717, 1.165) is 51.0 Å². The minimum Gasteiger partial charge on any atom is -0.355 e. The van der Waals surface area contributed by atoms with Crippen LogP contribution in [0.5, 0.6) is 0 Å². The molecule has 1 aromatic heterocycles. The van der Waals surface area contributed by atoms with Crippen molar-refractivity contribution in [3.63, 3.8) is 0 Å². The van der Waals surface area contributed by atoms with Crippen LogP contribution in [0.1, 0.15) is 53.2 Å². The van der Waals surface area contributed by atoms with E-state index in [4.69, 9.17) is 0 Å². The van der Waals surface area contributed by atoms with Gasteiger partial charge in [-0.15, -0.1) is 5.10 Å². The normalized spacial score (nSPS) is 17.9. The first-order chi connectivity index (χ1) is 15.2. The summed E-state index contributed by atoms with van der Waals surface area (Å²) in [6, 6.07) is 18.8. The molecule has 1 N–H and O–H groups in total. The number of amides is 1. The zero-order valence-electron chi connectivity index (χ0n) is 17.5. The summed E-state index contributed by atoms with van der Waals surface area (Å²) in [5, 5.41) is 7.73. The molecule has 0 saturated carbocycles. The number of hydrogen-bond donors (Lipinski definition) is 1. The molecule has 2 aliphatic rings. The maximum Gasteiger partial charge on any atom is 0.271 e. The maximum atomic E-state index is 12.9. The number of aromatic nitrogens is 2. The first-order valence-corrected chi connectivity index (χ1v) is 11.0. The van der Waals surface area contributed by atoms with E-state index in [2.05, 4.69) is 33.5 Å². The topological polar surface area (TPSA) is 67.2 Å². The zero-order valence-corrected chi connectivity index (χ0v) is 17.5. The molecule has 0 radical (unpaired) electrons. The zero-order chi connectivity index (χ0) is 21.2. The Labute approximate surface area is 181 Å². The van der Waals surface area contributed by atoms with E-state index < -0.39 is 0 Å². The number of benzene rings is 2. The smallest absolute Gasteiger partial charge is 0.271 e. The second-order valence-corrected chi connectivity index (χ2v) is 8.30. The highest BCUT2D eigenvalue weighted by atomic mass is 16.1. The molecule has 2 heterocycles. The Hall–Kier alpha value is -3.41. The minimum absolute atomic E-state index is 0.0403. The van der Waals surface area contributed by atoms with Crippen LogP contribution in [-0.4, -0.2) is 28.8 Å². The number of hydrogen-bond acceptors (Lipinski definition) is 4. The van der Waals surface area contributed by atoms with Crippen LogP contribution in [0.3, 0.4) is 0 Å². The Morgan fingerprint density at radius 2 is 1.71 bits per heavy atom. The first kappa shape index (κ1) is 19.5. The van der Waals surface area contributed by atoms with E-state index >= 15 is 0 Å². The van der Waals surface area contributed by atoms with Crippen molar-refractivity contribution in [2.24, 2.45) is 0 Å². The van der Waals surface area contributed by atoms with E-state index in [1.54, 1.807) is 36.4 Å². The second-order valence-electron chi connectivity index (χ2n) is 8.30. The third-order valence-electron chi connectivity index (χ3n) is 6.27. The molecule has 3 aromatic rings. The number of aryl methyl sites for hydroxylation is 1. The van der Waals surface area contributed by atoms with Crippen molar-refractivity contribution in [1.82, 2.24) is 15.1 Å². The van der Waals surface area contributed by atoms with Crippen molar-refractivity contribution in [3.05, 3.63) is 87.7 Å². The van der Waals surface area contributed by atoms with Gasteiger partial charge in [-0.1, -0.05) is 24.3 Å². The standard InChI is InChI=1S/C25H26N4O2/c30-24-15-14-23(28-16-3-4-17-28)27-29(24)20-12-10-19(11-13-20)25(31)26-22-9-5-7-18-6-1-2-8-21(18)22/h1-2,6,8,10-15,22H,3-5,7,9,16-17H2,(H,26,31)/t22-/m0/s1. The molecule has 1 aliphatic heterocycles. The van der Waals surface area contributed by atoms with Crippen LogP contribution in [-0.2, 0) is 6.42 Å². The number of nitrogens with one attached hydrogen (secondary N) is 1. The van der Waals surface area contributed by atoms with Gasteiger partial charge in [-0.2, -0.15) is 4.68 Å². The van der Waals surface area contributed by atoms with Crippen molar-refractivity contribution >= 4 is 11.7 Å². The Morgan fingerprint density at radius 1 is 0.935 bits per heavy atom. The van der Waals surface area contributed by atoms with Crippen molar-refractivity contribution in [1.29, 1.82) is 0 Å². The van der Waals surface area contributed by atoms with E-state index in [0.29, 0.717) is 11.3 Å². The van der Waals surface area contributed by atoms with Gasteiger partial charge in [0.2, 0.25) is 0 Å². The second kappa shape index (κ2) is 8.38. The quantitative estimate of drug-likeness (QED) is 0.708. The third kappa shape index (κ3) is 3.98. The summed E-state index contributed by atoms with van der Waals surface area (Å²) in [6.45, 7) is 1.93. The van der Waals surface area contributed by atoms with Crippen molar-refractivity contribution in [2.45, 2.75) is 38.1 Å². The molecule has 1 fully saturated rings. The highest BCUT2D eigenvalue weighted by Crippen LogP contribution is 2.29. The molecular formula is C25H26N4O2. The lowest BCUT2D eigenvalue weighted by Crippen LogP contribution is -2.31. The molecule has 158 valence electrons. The highest BCUT2D eigenvalue weighted by Gasteiger charge is 2.22. The lowest BCUT2D eigenvalue weighted by Gasteiger charge is -2.26. The minimum atomic E-state index is -0.182. The van der Waals surface area contributed by atoms with Crippen LogP contribution >= 0.6 is 0 Å². The summed E-state index contributed by atoms with van der Waals surface area (Å²) < 4.78 is 1.41. The van der Waals surface area contributed by atoms with Crippen LogP contribution in [0.25, 0.3) is 5.69 Å². The predicted molar refractivity (Wildman–Crippen MR) is 121 cm³/mol. The largest absolute Gasteiger partial charge is 0.355 e. The van der Waals surface area contributed by atoms with Gasteiger partial charge >= 0.3 is 0 Å². The maximum absolute atomic E-state index is 12.9. The number of carbonyl (C=O) groups excluding carboxylic acids is 1. The molecule has 1 aliphatic carbocycles. The summed E-state index contributed by atoms with van der Waals surface area (Å²) in [6.07, 6.45) is 5.38. The molecular weight excluding hydrogens is 388 g/mol. The lowest BCUT2D eigenvalue weighted by molar-refractivity contribution is 0.0933. The van der Waals surface area contributed by atoms with Gasteiger partial charge in [0.1, 0.15) is 5.82 Å². The number of rotatable bonds is 4. The van der Waals surface area contributed by atoms with Gasteiger partial charge in [-0.25, -0.2) is 0 Å². The fraction of sp³-hybridized carbons (Fsp3) is 0.320. The highest BCUT2D eigenvalue weighted by molar-refractivity contribution is 5.94. The summed E-state index contributed by atoms with van der Waals surface area (Å²) in [7, 11) is 0. The van der Waals surface area contributed by atoms with Gasteiger partial charge in [0, 0.05) is 24.7 Å².